The minimum atomic E-state index is 0.273. The molecule has 0 aliphatic heterocycles. The van der Waals surface area contributed by atoms with Crippen LogP contribution in [0.4, 0.5) is 0 Å². The quantitative estimate of drug-likeness (QED) is 0.478. The maximum atomic E-state index is 8.42. The Morgan fingerprint density at radius 1 is 1.45 bits per heavy atom. The lowest BCUT2D eigenvalue weighted by molar-refractivity contribution is 0.309. The molecule has 11 heavy (non-hydrogen) atoms. The second-order valence-corrected chi connectivity index (χ2v) is 3.37. The lowest BCUT2D eigenvalue weighted by atomic mass is 10.0. The van der Waals surface area contributed by atoms with Crippen molar-refractivity contribution in [3.63, 3.8) is 0 Å². The first-order valence-electron chi connectivity index (χ1n) is 3.87. The molecule has 0 spiro atoms. The van der Waals surface area contributed by atoms with E-state index in [-0.39, 0.29) is 6.04 Å². The van der Waals surface area contributed by atoms with Crippen LogP contribution in [0.15, 0.2) is 0 Å². The van der Waals surface area contributed by atoms with Gasteiger partial charge in [-0.25, -0.2) is 0 Å². The van der Waals surface area contributed by atoms with E-state index in [2.05, 4.69) is 24.1 Å². The molecule has 64 valence electrons. The highest BCUT2D eigenvalue weighted by Crippen LogP contribution is 2.01. The van der Waals surface area contributed by atoms with Crippen molar-refractivity contribution in [1.82, 2.24) is 10.2 Å². The molecule has 0 bridgehead atoms. The topological polar surface area (TPSA) is 39.1 Å². The van der Waals surface area contributed by atoms with Crippen molar-refractivity contribution in [2.24, 2.45) is 5.92 Å². The van der Waals surface area contributed by atoms with Gasteiger partial charge in [0.15, 0.2) is 6.19 Å². The minimum absolute atomic E-state index is 0.273. The Kier molecular flexibility index (Phi) is 4.64. The van der Waals surface area contributed by atoms with Crippen molar-refractivity contribution in [3.05, 3.63) is 0 Å². The summed E-state index contributed by atoms with van der Waals surface area (Å²) < 4.78 is 0. The second kappa shape index (κ2) is 4.97. The number of nitrogens with one attached hydrogen (secondary N) is 1. The van der Waals surface area contributed by atoms with E-state index in [1.54, 1.807) is 0 Å². The van der Waals surface area contributed by atoms with Gasteiger partial charge in [-0.2, -0.15) is 5.26 Å². The molecule has 0 aromatic carbocycles. The molecular weight excluding hydrogens is 138 g/mol. The molecule has 3 heteroatoms. The van der Waals surface area contributed by atoms with Crippen molar-refractivity contribution in [2.45, 2.75) is 19.9 Å². The smallest absolute Gasteiger partial charge is 0.176 e. The summed E-state index contributed by atoms with van der Waals surface area (Å²) in [7, 11) is 4.02. The van der Waals surface area contributed by atoms with E-state index >= 15 is 0 Å². The van der Waals surface area contributed by atoms with Crippen LogP contribution in [0.25, 0.3) is 0 Å². The summed E-state index contributed by atoms with van der Waals surface area (Å²) in [4.78, 5) is 2.08. The maximum absolute atomic E-state index is 8.42. The van der Waals surface area contributed by atoms with Crippen LogP contribution in [0.1, 0.15) is 13.8 Å². The average molecular weight is 155 g/mol. The van der Waals surface area contributed by atoms with Crippen molar-refractivity contribution >= 4 is 0 Å². The SMILES string of the molecule is CC(C)C(CN(C)C)NC#N. The third kappa shape index (κ3) is 4.63. The van der Waals surface area contributed by atoms with Crippen molar-refractivity contribution in [1.29, 1.82) is 5.26 Å². The predicted molar refractivity (Wildman–Crippen MR) is 45.9 cm³/mol. The standard InChI is InChI=1S/C8H17N3/c1-7(2)8(10-6-9)5-11(3)4/h7-8,10H,5H2,1-4H3. The highest BCUT2D eigenvalue weighted by Gasteiger charge is 2.12. The number of rotatable bonds is 4. The normalized spacial score (nSPS) is 13.2. The van der Waals surface area contributed by atoms with Crippen LogP contribution in [0.2, 0.25) is 0 Å². The number of nitrogens with zero attached hydrogens (tertiary/aromatic N) is 2. The Morgan fingerprint density at radius 2 is 2.00 bits per heavy atom. The summed E-state index contributed by atoms with van der Waals surface area (Å²) in [6.07, 6.45) is 1.98. The van der Waals surface area contributed by atoms with Crippen molar-refractivity contribution in [3.8, 4) is 6.19 Å². The Morgan fingerprint density at radius 3 is 2.27 bits per heavy atom. The van der Waals surface area contributed by atoms with Gasteiger partial charge in [0.2, 0.25) is 0 Å². The van der Waals surface area contributed by atoms with Gasteiger partial charge in [0.05, 0.1) is 6.04 Å². The molecule has 3 nitrogen and oxygen atoms in total. The van der Waals surface area contributed by atoms with Gasteiger partial charge in [-0.15, -0.1) is 0 Å². The molecule has 0 saturated heterocycles. The monoisotopic (exact) mass is 155 g/mol. The van der Waals surface area contributed by atoms with Crippen molar-refractivity contribution < 1.29 is 0 Å². The molecule has 1 N–H and O–H groups in total. The van der Waals surface area contributed by atoms with Gasteiger partial charge in [0, 0.05) is 6.54 Å². The van der Waals surface area contributed by atoms with Gasteiger partial charge in [-0.05, 0) is 20.0 Å². The molecule has 0 aromatic heterocycles. The summed E-state index contributed by atoms with van der Waals surface area (Å²) >= 11 is 0. The zero-order valence-electron chi connectivity index (χ0n) is 7.76. The first-order chi connectivity index (χ1) is 5.07. The number of nitriles is 1. The number of hydrogen-bond acceptors (Lipinski definition) is 3. The Hall–Kier alpha value is -0.750. The first-order valence-corrected chi connectivity index (χ1v) is 3.87. The zero-order chi connectivity index (χ0) is 8.85. The molecule has 0 fully saturated rings. The van der Waals surface area contributed by atoms with Crippen LogP contribution in [0.5, 0.6) is 0 Å². The van der Waals surface area contributed by atoms with E-state index in [0.29, 0.717) is 5.92 Å². The Balaban J connectivity index is 3.81. The van der Waals surface area contributed by atoms with Gasteiger partial charge in [0.1, 0.15) is 0 Å². The summed E-state index contributed by atoms with van der Waals surface area (Å²) in [6, 6.07) is 0.273. The van der Waals surface area contributed by atoms with Crippen molar-refractivity contribution in [2.75, 3.05) is 20.6 Å². The summed E-state index contributed by atoms with van der Waals surface area (Å²) in [5.41, 5.74) is 0. The van der Waals surface area contributed by atoms with E-state index in [1.807, 2.05) is 20.3 Å². The first kappa shape index (κ1) is 10.2. The molecule has 0 amide bonds. The number of likely N-dealkylation sites (N-methyl/N-ethyl adjacent to an activating group) is 1. The van der Waals surface area contributed by atoms with E-state index in [1.165, 1.54) is 0 Å². The minimum Gasteiger partial charge on any atom is -0.319 e. The fraction of sp³-hybridized carbons (Fsp3) is 0.875. The lowest BCUT2D eigenvalue weighted by Gasteiger charge is -2.22. The molecule has 0 radical (unpaired) electrons. The molecule has 1 atom stereocenters. The van der Waals surface area contributed by atoms with Gasteiger partial charge in [-0.3, -0.25) is 0 Å². The van der Waals surface area contributed by atoms with E-state index in [0.717, 1.165) is 6.54 Å². The number of hydrogen-bond donors (Lipinski definition) is 1. The fourth-order valence-electron chi connectivity index (χ4n) is 0.899. The fourth-order valence-corrected chi connectivity index (χ4v) is 0.899. The Bertz CT molecular complexity index is 135. The molecule has 0 aromatic rings. The van der Waals surface area contributed by atoms with E-state index in [9.17, 15) is 0 Å². The van der Waals surface area contributed by atoms with Gasteiger partial charge in [0.25, 0.3) is 0 Å². The van der Waals surface area contributed by atoms with Crippen LogP contribution < -0.4 is 5.32 Å². The molecule has 0 rings (SSSR count). The lowest BCUT2D eigenvalue weighted by Crippen LogP contribution is -2.39. The maximum Gasteiger partial charge on any atom is 0.176 e. The highest BCUT2D eigenvalue weighted by atomic mass is 15.1. The third-order valence-corrected chi connectivity index (χ3v) is 1.62. The Labute approximate surface area is 69.0 Å². The van der Waals surface area contributed by atoms with Crippen LogP contribution >= 0.6 is 0 Å². The van der Waals surface area contributed by atoms with Crippen LogP contribution in [0, 0.1) is 17.4 Å². The zero-order valence-corrected chi connectivity index (χ0v) is 7.76. The third-order valence-electron chi connectivity index (χ3n) is 1.62. The van der Waals surface area contributed by atoms with E-state index < -0.39 is 0 Å². The average Bonchev–Trinajstić information content (AvgIpc) is 1.86. The summed E-state index contributed by atoms with van der Waals surface area (Å²) in [5.74, 6) is 0.497. The van der Waals surface area contributed by atoms with Gasteiger partial charge in [-0.1, -0.05) is 13.8 Å². The van der Waals surface area contributed by atoms with Crippen LogP contribution in [0.3, 0.4) is 0 Å². The predicted octanol–water partition coefficient (Wildman–Crippen LogP) is 0.643. The summed E-state index contributed by atoms with van der Waals surface area (Å²) in [6.45, 7) is 5.13. The van der Waals surface area contributed by atoms with E-state index in [4.69, 9.17) is 5.26 Å². The molecular formula is C8H17N3. The van der Waals surface area contributed by atoms with Gasteiger partial charge < -0.3 is 10.2 Å². The molecule has 0 saturated carbocycles. The molecule has 0 aliphatic carbocycles. The van der Waals surface area contributed by atoms with Crippen LogP contribution in [-0.4, -0.2) is 31.6 Å². The summed E-state index contributed by atoms with van der Waals surface area (Å²) in [5, 5.41) is 11.2. The molecule has 1 unspecified atom stereocenters. The molecule has 0 heterocycles. The highest BCUT2D eigenvalue weighted by molar-refractivity contribution is 4.80. The largest absolute Gasteiger partial charge is 0.319 e. The van der Waals surface area contributed by atoms with Crippen LogP contribution in [-0.2, 0) is 0 Å². The van der Waals surface area contributed by atoms with Gasteiger partial charge >= 0.3 is 0 Å². The molecule has 0 aliphatic rings. The second-order valence-electron chi connectivity index (χ2n) is 3.37.